The van der Waals surface area contributed by atoms with Crippen LogP contribution in [0.3, 0.4) is 0 Å². The van der Waals surface area contributed by atoms with Crippen LogP contribution in [0.15, 0.2) is 0 Å². The lowest BCUT2D eigenvalue weighted by atomic mass is 10.3. The maximum Gasteiger partial charge on any atom is 0.361 e. The Labute approximate surface area is 73.0 Å². The number of ether oxygens (including phenoxy) is 2. The van der Waals surface area contributed by atoms with Crippen LogP contribution in [-0.4, -0.2) is 41.6 Å². The van der Waals surface area contributed by atoms with Crippen molar-refractivity contribution in [3.05, 3.63) is 11.4 Å². The lowest BCUT2D eigenvalue weighted by Crippen LogP contribution is -2.11. The Bertz CT molecular complexity index is 302. The zero-order valence-corrected chi connectivity index (χ0v) is 7.03. The van der Waals surface area contributed by atoms with Crippen LogP contribution in [0.5, 0.6) is 0 Å². The first-order valence-electron chi connectivity index (χ1n) is 3.28. The summed E-state index contributed by atoms with van der Waals surface area (Å²) in [7, 11) is 2.36. The van der Waals surface area contributed by atoms with Gasteiger partial charge in [-0.05, 0) is 0 Å². The number of hydrogen-bond donors (Lipinski definition) is 1. The number of hydrogen-bond acceptors (Lipinski definition) is 6. The summed E-state index contributed by atoms with van der Waals surface area (Å²) in [5.74, 6) is -1.48. The minimum Gasteiger partial charge on any atom is -0.464 e. The second kappa shape index (κ2) is 3.65. The summed E-state index contributed by atoms with van der Waals surface area (Å²) in [6.07, 6.45) is 0. The lowest BCUT2D eigenvalue weighted by Gasteiger charge is -1.95. The summed E-state index contributed by atoms with van der Waals surface area (Å²) in [4.78, 5) is 21.9. The van der Waals surface area contributed by atoms with E-state index < -0.39 is 11.9 Å². The number of H-pyrrole nitrogens is 1. The highest BCUT2D eigenvalue weighted by Gasteiger charge is 2.23. The first-order valence-corrected chi connectivity index (χ1v) is 3.28. The van der Waals surface area contributed by atoms with Gasteiger partial charge in [0.1, 0.15) is 0 Å². The van der Waals surface area contributed by atoms with Gasteiger partial charge < -0.3 is 9.47 Å². The zero-order valence-electron chi connectivity index (χ0n) is 7.03. The molecule has 0 aliphatic carbocycles. The molecule has 1 rings (SSSR count). The minimum absolute atomic E-state index is 0.186. The van der Waals surface area contributed by atoms with E-state index in [-0.39, 0.29) is 11.4 Å². The lowest BCUT2D eigenvalue weighted by molar-refractivity contribution is 0.0548. The molecule has 0 bridgehead atoms. The Morgan fingerprint density at radius 2 is 1.46 bits per heavy atom. The van der Waals surface area contributed by atoms with Gasteiger partial charge in [-0.25, -0.2) is 9.59 Å². The smallest absolute Gasteiger partial charge is 0.361 e. The van der Waals surface area contributed by atoms with Crippen molar-refractivity contribution < 1.29 is 19.1 Å². The Balaban J connectivity index is 3.02. The number of nitrogens with zero attached hydrogens (tertiary/aromatic N) is 2. The molecule has 7 nitrogen and oxygen atoms in total. The van der Waals surface area contributed by atoms with Crippen LogP contribution in [-0.2, 0) is 9.47 Å². The van der Waals surface area contributed by atoms with E-state index in [1.165, 1.54) is 14.2 Å². The molecule has 1 N–H and O–H groups in total. The largest absolute Gasteiger partial charge is 0.464 e. The van der Waals surface area contributed by atoms with E-state index in [0.29, 0.717) is 0 Å². The van der Waals surface area contributed by atoms with Crippen LogP contribution in [0.1, 0.15) is 21.0 Å². The molecular formula is C6H7N3O4. The molecule has 0 aliphatic heterocycles. The molecule has 1 aromatic heterocycles. The summed E-state index contributed by atoms with van der Waals surface area (Å²) < 4.78 is 8.72. The van der Waals surface area contributed by atoms with Crippen molar-refractivity contribution in [2.45, 2.75) is 0 Å². The normalized spacial score (nSPS) is 9.38. The molecule has 0 aromatic carbocycles. The Kier molecular flexibility index (Phi) is 2.58. The van der Waals surface area contributed by atoms with Crippen LogP contribution in [0.4, 0.5) is 0 Å². The molecule has 0 spiro atoms. The van der Waals surface area contributed by atoms with Gasteiger partial charge in [0.15, 0.2) is 0 Å². The highest BCUT2D eigenvalue weighted by Crippen LogP contribution is 2.03. The Morgan fingerprint density at radius 3 is 1.77 bits per heavy atom. The molecular weight excluding hydrogens is 178 g/mol. The highest BCUT2D eigenvalue weighted by atomic mass is 16.5. The molecule has 0 saturated carbocycles. The van der Waals surface area contributed by atoms with Gasteiger partial charge in [0.25, 0.3) is 0 Å². The number of rotatable bonds is 2. The average molecular weight is 185 g/mol. The number of carbonyl (C=O) groups excluding carboxylic acids is 2. The fourth-order valence-corrected chi connectivity index (χ4v) is 0.709. The second-order valence-electron chi connectivity index (χ2n) is 2.00. The quantitative estimate of drug-likeness (QED) is 0.617. The van der Waals surface area contributed by atoms with Gasteiger partial charge in [-0.1, -0.05) is 0 Å². The number of nitrogens with one attached hydrogen (secondary N) is 1. The maximum absolute atomic E-state index is 11.0. The van der Waals surface area contributed by atoms with E-state index in [1.807, 2.05) is 0 Å². The fourth-order valence-electron chi connectivity index (χ4n) is 0.709. The molecule has 13 heavy (non-hydrogen) atoms. The molecule has 0 radical (unpaired) electrons. The number of methoxy groups -OCH3 is 2. The number of aromatic amines is 1. The molecule has 7 heteroatoms. The summed E-state index contributed by atoms with van der Waals surface area (Å²) in [5.41, 5.74) is -0.372. The third kappa shape index (κ3) is 1.63. The molecule has 0 aliphatic rings. The molecule has 0 amide bonds. The summed E-state index contributed by atoms with van der Waals surface area (Å²) >= 11 is 0. The van der Waals surface area contributed by atoms with Crippen molar-refractivity contribution >= 4 is 11.9 Å². The van der Waals surface area contributed by atoms with Crippen LogP contribution in [0, 0.1) is 0 Å². The first kappa shape index (κ1) is 9.17. The monoisotopic (exact) mass is 185 g/mol. The molecule has 70 valence electrons. The van der Waals surface area contributed by atoms with E-state index in [0.717, 1.165) is 0 Å². The maximum atomic E-state index is 11.0. The summed E-state index contributed by atoms with van der Waals surface area (Å²) in [5, 5.41) is 9.02. The Hall–Kier alpha value is -1.92. The van der Waals surface area contributed by atoms with Gasteiger partial charge in [-0.15, -0.1) is 10.2 Å². The summed E-state index contributed by atoms with van der Waals surface area (Å²) in [6, 6.07) is 0. The van der Waals surface area contributed by atoms with E-state index in [1.54, 1.807) is 0 Å². The van der Waals surface area contributed by atoms with Crippen molar-refractivity contribution in [1.29, 1.82) is 0 Å². The highest BCUT2D eigenvalue weighted by molar-refractivity contribution is 5.99. The zero-order chi connectivity index (χ0) is 9.84. The predicted octanol–water partition coefficient (Wildman–Crippen LogP) is -0.622. The van der Waals surface area contributed by atoms with E-state index in [4.69, 9.17) is 0 Å². The van der Waals surface area contributed by atoms with Crippen LogP contribution < -0.4 is 0 Å². The topological polar surface area (TPSA) is 94.2 Å². The third-order valence-corrected chi connectivity index (χ3v) is 1.31. The van der Waals surface area contributed by atoms with Gasteiger partial charge in [-0.2, -0.15) is 5.21 Å². The van der Waals surface area contributed by atoms with Gasteiger partial charge in [0, 0.05) is 0 Å². The van der Waals surface area contributed by atoms with Gasteiger partial charge in [0.2, 0.25) is 11.4 Å². The van der Waals surface area contributed by atoms with Gasteiger partial charge >= 0.3 is 11.9 Å². The van der Waals surface area contributed by atoms with Gasteiger partial charge in [0.05, 0.1) is 14.2 Å². The predicted molar refractivity (Wildman–Crippen MR) is 39.1 cm³/mol. The number of esters is 2. The van der Waals surface area contributed by atoms with Crippen molar-refractivity contribution in [3.63, 3.8) is 0 Å². The third-order valence-electron chi connectivity index (χ3n) is 1.31. The van der Waals surface area contributed by atoms with Crippen molar-refractivity contribution in [3.8, 4) is 0 Å². The Morgan fingerprint density at radius 1 is 1.08 bits per heavy atom. The van der Waals surface area contributed by atoms with Crippen LogP contribution in [0.25, 0.3) is 0 Å². The molecule has 0 unspecified atom stereocenters. The van der Waals surface area contributed by atoms with Crippen molar-refractivity contribution in [2.24, 2.45) is 0 Å². The molecule has 1 aromatic rings. The summed E-state index contributed by atoms with van der Waals surface area (Å²) in [6.45, 7) is 0. The fraction of sp³-hybridized carbons (Fsp3) is 0.333. The van der Waals surface area contributed by atoms with Crippen LogP contribution >= 0.6 is 0 Å². The number of aromatic nitrogens is 3. The first-order chi connectivity index (χ1) is 6.20. The average Bonchev–Trinajstić information content (AvgIpc) is 2.63. The minimum atomic E-state index is -0.742. The van der Waals surface area contributed by atoms with Gasteiger partial charge in [-0.3, -0.25) is 0 Å². The standard InChI is InChI=1S/C6H7N3O4/c1-12-5(10)3-4(6(11)13-2)8-9-7-3/h1-2H3,(H,7,8,9). The van der Waals surface area contributed by atoms with Crippen molar-refractivity contribution in [1.82, 2.24) is 15.4 Å². The second-order valence-corrected chi connectivity index (χ2v) is 2.00. The molecule has 0 fully saturated rings. The van der Waals surface area contributed by atoms with E-state index in [2.05, 4.69) is 24.9 Å². The van der Waals surface area contributed by atoms with Crippen LogP contribution in [0.2, 0.25) is 0 Å². The van der Waals surface area contributed by atoms with Crippen molar-refractivity contribution in [2.75, 3.05) is 14.2 Å². The molecule has 0 atom stereocenters. The molecule has 1 heterocycles. The molecule has 0 saturated heterocycles. The van der Waals surface area contributed by atoms with E-state index >= 15 is 0 Å². The number of carbonyl (C=O) groups is 2. The van der Waals surface area contributed by atoms with E-state index in [9.17, 15) is 9.59 Å². The SMILES string of the molecule is COC(=O)c1n[nH]nc1C(=O)OC.